The maximum Gasteiger partial charge on any atom is 0.224 e. The van der Waals surface area contributed by atoms with Gasteiger partial charge >= 0.3 is 0 Å². The standard InChI is InChI=1S/C18H20N2O2S/c1-13-5-7-14(8-6-13)12-19-23(22)16-9-10-17-15(11-16)3-2-4-18(21)20-17/h5-11,19H,2-4,12H2,1H3,(H,20,21). The van der Waals surface area contributed by atoms with Gasteiger partial charge in [0.1, 0.15) is 11.0 Å². The van der Waals surface area contributed by atoms with E-state index in [1.54, 1.807) is 0 Å². The minimum absolute atomic E-state index is 0.0510. The smallest absolute Gasteiger partial charge is 0.224 e. The van der Waals surface area contributed by atoms with Crippen molar-refractivity contribution in [3.8, 4) is 0 Å². The molecular formula is C18H20N2O2S. The Morgan fingerprint density at radius 3 is 2.70 bits per heavy atom. The summed E-state index contributed by atoms with van der Waals surface area (Å²) in [6.45, 7) is 2.60. The second-order valence-electron chi connectivity index (χ2n) is 5.80. The van der Waals surface area contributed by atoms with E-state index in [0.717, 1.165) is 34.6 Å². The maximum atomic E-state index is 12.4. The fraction of sp³-hybridized carbons (Fsp3) is 0.278. The summed E-state index contributed by atoms with van der Waals surface area (Å²) in [5, 5.41) is 2.89. The molecule has 0 aromatic heterocycles. The van der Waals surface area contributed by atoms with Gasteiger partial charge in [-0.05, 0) is 49.1 Å². The third-order valence-electron chi connectivity index (χ3n) is 3.94. The summed E-state index contributed by atoms with van der Waals surface area (Å²) in [7, 11) is -1.26. The summed E-state index contributed by atoms with van der Waals surface area (Å²) in [6.07, 6.45) is 2.20. The van der Waals surface area contributed by atoms with Crippen LogP contribution in [0.1, 0.15) is 29.5 Å². The van der Waals surface area contributed by atoms with E-state index in [0.29, 0.717) is 13.0 Å². The number of hydrogen-bond donors (Lipinski definition) is 2. The molecule has 1 atom stereocenters. The van der Waals surface area contributed by atoms with Crippen LogP contribution < -0.4 is 10.0 Å². The van der Waals surface area contributed by atoms with Gasteiger partial charge in [-0.1, -0.05) is 29.8 Å². The van der Waals surface area contributed by atoms with Gasteiger partial charge in [0.15, 0.2) is 0 Å². The number of rotatable bonds is 4. The highest BCUT2D eigenvalue weighted by atomic mass is 32.2. The third-order valence-corrected chi connectivity index (χ3v) is 5.03. The van der Waals surface area contributed by atoms with Crippen molar-refractivity contribution in [1.29, 1.82) is 0 Å². The zero-order valence-electron chi connectivity index (χ0n) is 13.1. The van der Waals surface area contributed by atoms with E-state index in [4.69, 9.17) is 0 Å². The Balaban J connectivity index is 1.69. The first-order chi connectivity index (χ1) is 11.1. The molecule has 1 unspecified atom stereocenters. The Labute approximate surface area is 138 Å². The van der Waals surface area contributed by atoms with Gasteiger partial charge in [-0.25, -0.2) is 8.93 Å². The van der Waals surface area contributed by atoms with Crippen LogP contribution in [0.4, 0.5) is 5.69 Å². The van der Waals surface area contributed by atoms with E-state index < -0.39 is 11.0 Å². The molecule has 3 rings (SSSR count). The molecule has 2 aromatic carbocycles. The van der Waals surface area contributed by atoms with Crippen LogP contribution in [0.15, 0.2) is 47.4 Å². The Morgan fingerprint density at radius 1 is 1.13 bits per heavy atom. The molecule has 2 N–H and O–H groups in total. The molecule has 1 heterocycles. The van der Waals surface area contributed by atoms with E-state index in [1.165, 1.54) is 5.56 Å². The van der Waals surface area contributed by atoms with Gasteiger partial charge in [-0.15, -0.1) is 0 Å². The average Bonchev–Trinajstić information content (AvgIpc) is 2.74. The summed E-state index contributed by atoms with van der Waals surface area (Å²) in [5.41, 5.74) is 4.21. The van der Waals surface area contributed by atoms with Crippen molar-refractivity contribution >= 4 is 22.6 Å². The first-order valence-electron chi connectivity index (χ1n) is 7.75. The summed E-state index contributed by atoms with van der Waals surface area (Å²) in [4.78, 5) is 12.3. The van der Waals surface area contributed by atoms with Crippen LogP contribution in [0.2, 0.25) is 0 Å². The molecule has 1 aliphatic heterocycles. The topological polar surface area (TPSA) is 58.2 Å². The molecule has 5 heteroatoms. The van der Waals surface area contributed by atoms with E-state index in [2.05, 4.69) is 10.0 Å². The Hall–Kier alpha value is -1.98. The predicted octanol–water partition coefficient (Wildman–Crippen LogP) is 3.08. The molecule has 0 spiro atoms. The average molecular weight is 328 g/mol. The van der Waals surface area contributed by atoms with Gasteiger partial charge in [-0.3, -0.25) is 4.79 Å². The number of benzene rings is 2. The number of carbonyl (C=O) groups is 1. The minimum Gasteiger partial charge on any atom is -0.326 e. The molecule has 0 radical (unpaired) electrons. The largest absolute Gasteiger partial charge is 0.326 e. The number of anilines is 1. The quantitative estimate of drug-likeness (QED) is 0.906. The lowest BCUT2D eigenvalue weighted by Crippen LogP contribution is -2.17. The highest BCUT2D eigenvalue weighted by Crippen LogP contribution is 2.24. The molecule has 0 saturated carbocycles. The van der Waals surface area contributed by atoms with Gasteiger partial charge in [0, 0.05) is 18.7 Å². The lowest BCUT2D eigenvalue weighted by molar-refractivity contribution is -0.116. The number of hydrogen-bond acceptors (Lipinski definition) is 2. The summed E-state index contributed by atoms with van der Waals surface area (Å²) in [6, 6.07) is 13.7. The molecule has 120 valence electrons. The highest BCUT2D eigenvalue weighted by Gasteiger charge is 2.14. The van der Waals surface area contributed by atoms with E-state index in [1.807, 2.05) is 49.4 Å². The Morgan fingerprint density at radius 2 is 1.91 bits per heavy atom. The Kier molecular flexibility index (Phi) is 4.88. The highest BCUT2D eigenvalue weighted by molar-refractivity contribution is 7.83. The summed E-state index contributed by atoms with van der Waals surface area (Å²) in [5.74, 6) is 0.0510. The van der Waals surface area contributed by atoms with Crippen LogP contribution in [-0.2, 0) is 28.7 Å². The van der Waals surface area contributed by atoms with Crippen LogP contribution in [0.5, 0.6) is 0 Å². The van der Waals surface area contributed by atoms with Crippen molar-refractivity contribution in [3.05, 3.63) is 59.2 Å². The Bertz CT molecular complexity index is 741. The van der Waals surface area contributed by atoms with E-state index in [9.17, 15) is 9.00 Å². The second kappa shape index (κ2) is 7.06. The van der Waals surface area contributed by atoms with Gasteiger partial charge in [-0.2, -0.15) is 0 Å². The molecule has 1 amide bonds. The van der Waals surface area contributed by atoms with Crippen molar-refractivity contribution in [2.75, 3.05) is 5.32 Å². The fourth-order valence-corrected chi connectivity index (χ4v) is 3.51. The molecule has 0 bridgehead atoms. The van der Waals surface area contributed by atoms with Gasteiger partial charge < -0.3 is 5.32 Å². The number of nitrogens with one attached hydrogen (secondary N) is 2. The number of aryl methyl sites for hydroxylation is 2. The first kappa shape index (κ1) is 15.9. The summed E-state index contributed by atoms with van der Waals surface area (Å²) >= 11 is 0. The van der Waals surface area contributed by atoms with Crippen LogP contribution in [-0.4, -0.2) is 10.1 Å². The molecule has 23 heavy (non-hydrogen) atoms. The van der Waals surface area contributed by atoms with Crippen molar-refractivity contribution in [1.82, 2.24) is 4.72 Å². The zero-order chi connectivity index (χ0) is 16.2. The number of carbonyl (C=O) groups excluding carboxylic acids is 1. The van der Waals surface area contributed by atoms with Crippen LogP contribution in [0.3, 0.4) is 0 Å². The van der Waals surface area contributed by atoms with Gasteiger partial charge in [0.05, 0.1) is 4.90 Å². The van der Waals surface area contributed by atoms with Crippen LogP contribution >= 0.6 is 0 Å². The molecule has 1 aliphatic rings. The predicted molar refractivity (Wildman–Crippen MR) is 92.4 cm³/mol. The monoisotopic (exact) mass is 328 g/mol. The van der Waals surface area contributed by atoms with Crippen molar-refractivity contribution in [3.63, 3.8) is 0 Å². The van der Waals surface area contributed by atoms with E-state index >= 15 is 0 Å². The SMILES string of the molecule is Cc1ccc(CNS(=O)c2ccc3c(c2)CCCC(=O)N3)cc1. The summed E-state index contributed by atoms with van der Waals surface area (Å²) < 4.78 is 15.5. The van der Waals surface area contributed by atoms with Crippen LogP contribution in [0.25, 0.3) is 0 Å². The first-order valence-corrected chi connectivity index (χ1v) is 8.90. The lowest BCUT2D eigenvalue weighted by Gasteiger charge is -2.10. The zero-order valence-corrected chi connectivity index (χ0v) is 13.9. The normalized spacial score (nSPS) is 15.4. The fourth-order valence-electron chi connectivity index (χ4n) is 2.60. The minimum atomic E-state index is -1.26. The molecular weight excluding hydrogens is 308 g/mol. The number of amides is 1. The lowest BCUT2D eigenvalue weighted by atomic mass is 10.1. The second-order valence-corrected chi connectivity index (χ2v) is 7.09. The molecule has 0 fully saturated rings. The molecule has 2 aromatic rings. The van der Waals surface area contributed by atoms with Crippen LogP contribution in [0, 0.1) is 6.92 Å². The molecule has 0 saturated heterocycles. The van der Waals surface area contributed by atoms with E-state index in [-0.39, 0.29) is 5.91 Å². The van der Waals surface area contributed by atoms with Crippen molar-refractivity contribution in [2.24, 2.45) is 0 Å². The maximum absolute atomic E-state index is 12.4. The molecule has 4 nitrogen and oxygen atoms in total. The van der Waals surface area contributed by atoms with Crippen molar-refractivity contribution < 1.29 is 9.00 Å². The number of fused-ring (bicyclic) bond motifs is 1. The van der Waals surface area contributed by atoms with Gasteiger partial charge in [0.25, 0.3) is 0 Å². The van der Waals surface area contributed by atoms with Crippen molar-refractivity contribution in [2.45, 2.75) is 37.6 Å². The molecule has 0 aliphatic carbocycles. The third kappa shape index (κ3) is 4.06. The van der Waals surface area contributed by atoms with Gasteiger partial charge in [0.2, 0.25) is 5.91 Å².